The van der Waals surface area contributed by atoms with Crippen molar-refractivity contribution in [3.63, 3.8) is 0 Å². The first-order chi connectivity index (χ1) is 17.8. The Hall–Kier alpha value is -4.44. The summed E-state index contributed by atoms with van der Waals surface area (Å²) in [6.07, 6.45) is 7.29. The molecule has 6 aromatic heterocycles. The number of nitrogens with zero attached hydrogens (tertiary/aromatic N) is 5. The Balaban J connectivity index is 1.36. The summed E-state index contributed by atoms with van der Waals surface area (Å²) in [4.78, 5) is 33.9. The van der Waals surface area contributed by atoms with Gasteiger partial charge >= 0.3 is 0 Å². The first-order valence-corrected chi connectivity index (χ1v) is 12.8. The average molecular weight is 509 g/mol. The van der Waals surface area contributed by atoms with Crippen LogP contribution >= 0.6 is 11.3 Å². The van der Waals surface area contributed by atoms with E-state index in [0.29, 0.717) is 35.0 Å². The molecular weight excluding hydrogens is 484 g/mol. The van der Waals surface area contributed by atoms with Crippen LogP contribution in [0, 0.1) is 5.41 Å². The molecule has 10 heteroatoms. The van der Waals surface area contributed by atoms with Crippen molar-refractivity contribution in [3.05, 3.63) is 59.8 Å². The highest BCUT2D eigenvalue weighted by Crippen LogP contribution is 2.32. The van der Waals surface area contributed by atoms with Crippen LogP contribution in [-0.2, 0) is 4.79 Å². The average Bonchev–Trinajstić information content (AvgIpc) is 3.61. The van der Waals surface area contributed by atoms with Crippen molar-refractivity contribution < 1.29 is 4.79 Å². The number of hydrogen-bond acceptors (Lipinski definition) is 7. The van der Waals surface area contributed by atoms with Gasteiger partial charge in [0.25, 0.3) is 0 Å². The predicted octanol–water partition coefficient (Wildman–Crippen LogP) is 6.06. The van der Waals surface area contributed by atoms with Crippen LogP contribution in [0.25, 0.3) is 56.0 Å². The van der Waals surface area contributed by atoms with Gasteiger partial charge in [-0.3, -0.25) is 19.9 Å². The number of carbonyl (C=O) groups is 1. The maximum absolute atomic E-state index is 12.4. The summed E-state index contributed by atoms with van der Waals surface area (Å²) in [6, 6.07) is 7.89. The minimum atomic E-state index is -0.101. The molecule has 6 rings (SSSR count). The summed E-state index contributed by atoms with van der Waals surface area (Å²) >= 11 is 1.65. The predicted molar refractivity (Wildman–Crippen MR) is 146 cm³/mol. The molecule has 0 aliphatic rings. The van der Waals surface area contributed by atoms with E-state index in [4.69, 9.17) is 4.98 Å². The Morgan fingerprint density at radius 1 is 1.08 bits per heavy atom. The van der Waals surface area contributed by atoms with E-state index < -0.39 is 0 Å². The van der Waals surface area contributed by atoms with E-state index in [0.717, 1.165) is 33.1 Å². The largest absolute Gasteiger partial charge is 0.335 e. The highest BCUT2D eigenvalue weighted by Gasteiger charge is 2.18. The highest BCUT2D eigenvalue weighted by atomic mass is 32.1. The Kier molecular flexibility index (Phi) is 5.53. The molecule has 37 heavy (non-hydrogen) atoms. The third-order valence-electron chi connectivity index (χ3n) is 5.90. The molecule has 6 heterocycles. The zero-order valence-corrected chi connectivity index (χ0v) is 21.3. The lowest BCUT2D eigenvalue weighted by atomic mass is 9.92. The molecule has 0 spiro atoms. The van der Waals surface area contributed by atoms with Crippen molar-refractivity contribution in [2.75, 3.05) is 5.32 Å². The number of carbonyl (C=O) groups excluding carboxylic acids is 1. The molecule has 0 saturated carbocycles. The highest BCUT2D eigenvalue weighted by molar-refractivity contribution is 7.08. The SMILES string of the molecule is CC(C)(C)CC(=O)Nc1cncc(-c2cc3c(-c4nc5nccc(-c6ccsc6)c5[nH]4)n[nH]c3cn2)c1. The molecule has 6 aromatic rings. The van der Waals surface area contributed by atoms with Crippen LogP contribution in [0.1, 0.15) is 27.2 Å². The van der Waals surface area contributed by atoms with E-state index in [1.54, 1.807) is 36.1 Å². The van der Waals surface area contributed by atoms with Crippen molar-refractivity contribution in [1.29, 1.82) is 0 Å². The second-order valence-electron chi connectivity index (χ2n) is 10.1. The number of imidazole rings is 1. The molecule has 1 amide bonds. The number of fused-ring (bicyclic) bond motifs is 2. The van der Waals surface area contributed by atoms with Crippen LogP contribution < -0.4 is 5.32 Å². The third kappa shape index (κ3) is 4.58. The summed E-state index contributed by atoms with van der Waals surface area (Å²) in [5, 5.41) is 15.5. The van der Waals surface area contributed by atoms with E-state index >= 15 is 0 Å². The van der Waals surface area contributed by atoms with Gasteiger partial charge in [0.1, 0.15) is 5.69 Å². The van der Waals surface area contributed by atoms with Crippen LogP contribution in [0.4, 0.5) is 5.69 Å². The van der Waals surface area contributed by atoms with Crippen molar-refractivity contribution in [2.24, 2.45) is 5.41 Å². The van der Waals surface area contributed by atoms with Gasteiger partial charge < -0.3 is 10.3 Å². The van der Waals surface area contributed by atoms with E-state index in [-0.39, 0.29) is 11.3 Å². The van der Waals surface area contributed by atoms with E-state index in [1.807, 2.05) is 39.0 Å². The van der Waals surface area contributed by atoms with Crippen molar-refractivity contribution in [1.82, 2.24) is 35.1 Å². The fraction of sp³-hybridized carbons (Fsp3) is 0.185. The van der Waals surface area contributed by atoms with Gasteiger partial charge in [0, 0.05) is 35.3 Å². The lowest BCUT2D eigenvalue weighted by Crippen LogP contribution is -2.19. The van der Waals surface area contributed by atoms with Crippen LogP contribution in [0.2, 0.25) is 0 Å². The van der Waals surface area contributed by atoms with Gasteiger partial charge in [-0.05, 0) is 46.0 Å². The summed E-state index contributed by atoms with van der Waals surface area (Å²) in [6.45, 7) is 6.09. The molecule has 0 radical (unpaired) electrons. The molecule has 0 aromatic carbocycles. The molecule has 0 saturated heterocycles. The van der Waals surface area contributed by atoms with Crippen molar-refractivity contribution in [3.8, 4) is 33.9 Å². The Bertz CT molecular complexity index is 1740. The number of amides is 1. The standard InChI is InChI=1S/C27H24N8OS/c1-27(2,3)10-22(36)31-17-8-16(11-28-12-17)20-9-19-21(13-30-20)34-35-24(19)26-32-23-18(15-5-7-37-14-15)4-6-29-25(23)33-26/h4-9,11-14H,10H2,1-3H3,(H,31,36)(H,34,35)(H,29,32,33). The molecule has 0 aliphatic heterocycles. The first kappa shape index (κ1) is 23.0. The lowest BCUT2D eigenvalue weighted by Gasteiger charge is -2.17. The monoisotopic (exact) mass is 508 g/mol. The molecular formula is C27H24N8OS. The fourth-order valence-corrected chi connectivity index (χ4v) is 4.93. The Morgan fingerprint density at radius 3 is 2.78 bits per heavy atom. The van der Waals surface area contributed by atoms with Gasteiger partial charge in [-0.15, -0.1) is 0 Å². The van der Waals surface area contributed by atoms with Gasteiger partial charge in [-0.1, -0.05) is 20.8 Å². The van der Waals surface area contributed by atoms with E-state index in [2.05, 4.69) is 52.3 Å². The third-order valence-corrected chi connectivity index (χ3v) is 6.59. The molecule has 0 unspecified atom stereocenters. The van der Waals surface area contributed by atoms with Crippen LogP contribution in [-0.4, -0.2) is 41.0 Å². The minimum absolute atomic E-state index is 0.0488. The van der Waals surface area contributed by atoms with Gasteiger partial charge in [0.2, 0.25) is 5.91 Å². The van der Waals surface area contributed by atoms with E-state index in [9.17, 15) is 4.79 Å². The summed E-state index contributed by atoms with van der Waals surface area (Å²) < 4.78 is 0. The number of aromatic amines is 2. The molecule has 0 aliphatic carbocycles. The number of anilines is 1. The van der Waals surface area contributed by atoms with Crippen LogP contribution in [0.5, 0.6) is 0 Å². The quantitative estimate of drug-likeness (QED) is 0.260. The second kappa shape index (κ2) is 8.90. The minimum Gasteiger partial charge on any atom is -0.335 e. The van der Waals surface area contributed by atoms with E-state index in [1.165, 1.54) is 0 Å². The zero-order chi connectivity index (χ0) is 25.6. The number of nitrogens with one attached hydrogen (secondary N) is 3. The maximum atomic E-state index is 12.4. The number of pyridine rings is 3. The molecule has 9 nitrogen and oxygen atoms in total. The first-order valence-electron chi connectivity index (χ1n) is 11.8. The fourth-order valence-electron chi connectivity index (χ4n) is 4.27. The number of aromatic nitrogens is 7. The summed E-state index contributed by atoms with van der Waals surface area (Å²) in [5.41, 5.74) is 7.15. The van der Waals surface area contributed by atoms with Gasteiger partial charge in [0.05, 0.1) is 34.8 Å². The number of H-pyrrole nitrogens is 2. The lowest BCUT2D eigenvalue weighted by molar-refractivity contribution is -0.117. The van der Waals surface area contributed by atoms with Crippen LogP contribution in [0.15, 0.2) is 59.8 Å². The molecule has 0 fully saturated rings. The molecule has 0 bridgehead atoms. The number of rotatable bonds is 5. The Labute approximate surface area is 216 Å². The summed E-state index contributed by atoms with van der Waals surface area (Å²) in [5.74, 6) is 0.571. The molecule has 3 N–H and O–H groups in total. The van der Waals surface area contributed by atoms with Crippen molar-refractivity contribution in [2.45, 2.75) is 27.2 Å². The second-order valence-corrected chi connectivity index (χ2v) is 10.9. The van der Waals surface area contributed by atoms with Crippen molar-refractivity contribution >= 4 is 45.0 Å². The molecule has 0 atom stereocenters. The van der Waals surface area contributed by atoms with Gasteiger partial charge in [-0.25, -0.2) is 9.97 Å². The number of hydrogen-bond donors (Lipinski definition) is 3. The summed E-state index contributed by atoms with van der Waals surface area (Å²) in [7, 11) is 0. The van der Waals surface area contributed by atoms with Gasteiger partial charge in [0.15, 0.2) is 11.5 Å². The Morgan fingerprint density at radius 2 is 1.97 bits per heavy atom. The number of thiophene rings is 1. The maximum Gasteiger partial charge on any atom is 0.224 e. The smallest absolute Gasteiger partial charge is 0.224 e. The van der Waals surface area contributed by atoms with Crippen LogP contribution in [0.3, 0.4) is 0 Å². The van der Waals surface area contributed by atoms with Gasteiger partial charge in [-0.2, -0.15) is 16.4 Å². The molecule has 184 valence electrons. The topological polar surface area (TPSA) is 125 Å². The normalized spacial score (nSPS) is 11.9. The zero-order valence-electron chi connectivity index (χ0n) is 20.5.